The van der Waals surface area contributed by atoms with Crippen molar-refractivity contribution in [1.82, 2.24) is 4.57 Å². The second kappa shape index (κ2) is 7.40. The Morgan fingerprint density at radius 3 is 2.83 bits per heavy atom. The predicted octanol–water partition coefficient (Wildman–Crippen LogP) is 3.02. The van der Waals surface area contributed by atoms with E-state index >= 15 is 0 Å². The summed E-state index contributed by atoms with van der Waals surface area (Å²) in [7, 11) is 0. The molecule has 0 saturated heterocycles. The zero-order valence-electron chi connectivity index (χ0n) is 13.1. The molecule has 0 spiro atoms. The molecule has 0 atom stereocenters. The van der Waals surface area contributed by atoms with Crippen molar-refractivity contribution in [3.05, 3.63) is 70.2 Å². The van der Waals surface area contributed by atoms with Crippen LogP contribution in [-0.4, -0.2) is 16.2 Å². The number of para-hydroxylation sites is 2. The number of nitrogens with two attached hydrogens (primary N) is 1. The van der Waals surface area contributed by atoms with Gasteiger partial charge in [-0.15, -0.1) is 0 Å². The molecule has 3 rings (SSSR count). The van der Waals surface area contributed by atoms with Crippen LogP contribution < -0.4 is 11.5 Å². The van der Waals surface area contributed by atoms with Crippen molar-refractivity contribution in [2.45, 2.75) is 18.7 Å². The molecule has 2 N–H and O–H groups in total. The van der Waals surface area contributed by atoms with Crippen molar-refractivity contribution in [2.75, 3.05) is 5.75 Å². The summed E-state index contributed by atoms with van der Waals surface area (Å²) in [5.74, 6) is 0.998. The fourth-order valence-electron chi connectivity index (χ4n) is 2.55. The number of hydrogen-bond acceptors (Lipinski definition) is 4. The lowest BCUT2D eigenvalue weighted by Gasteiger charge is -2.04. The first kappa shape index (κ1) is 16.4. The van der Waals surface area contributed by atoms with Crippen LogP contribution in [0.1, 0.15) is 22.3 Å². The van der Waals surface area contributed by atoms with Crippen LogP contribution in [0.15, 0.2) is 57.7 Å². The zero-order valence-corrected chi connectivity index (χ0v) is 13.9. The molecule has 0 saturated carbocycles. The Morgan fingerprint density at radius 2 is 2.00 bits per heavy atom. The van der Waals surface area contributed by atoms with E-state index in [1.54, 1.807) is 28.5 Å². The molecule has 5 nitrogen and oxygen atoms in total. The molecule has 1 heterocycles. The minimum Gasteiger partial charge on any atom is -0.408 e. The third-order valence-corrected chi connectivity index (χ3v) is 4.84. The van der Waals surface area contributed by atoms with E-state index in [2.05, 4.69) is 0 Å². The lowest BCUT2D eigenvalue weighted by molar-refractivity contribution is 0.1000. The van der Waals surface area contributed by atoms with Crippen LogP contribution in [-0.2, 0) is 12.3 Å². The number of aryl methyl sites for hydroxylation is 1. The van der Waals surface area contributed by atoms with Crippen molar-refractivity contribution in [1.29, 1.82) is 0 Å². The van der Waals surface area contributed by atoms with Crippen LogP contribution in [0.3, 0.4) is 0 Å². The van der Waals surface area contributed by atoms with E-state index in [4.69, 9.17) is 10.2 Å². The molecule has 6 heteroatoms. The number of carbonyl (C=O) groups excluding carboxylic acids is 1. The Kier molecular flexibility index (Phi) is 5.05. The Bertz CT molecular complexity index is 914. The highest BCUT2D eigenvalue weighted by atomic mass is 32.2. The van der Waals surface area contributed by atoms with Crippen LogP contribution in [0.25, 0.3) is 11.1 Å². The van der Waals surface area contributed by atoms with Gasteiger partial charge in [0.15, 0.2) is 5.58 Å². The van der Waals surface area contributed by atoms with Crippen LogP contribution >= 0.6 is 11.8 Å². The first-order chi connectivity index (χ1) is 11.6. The number of nitrogens with zero attached hydrogens (tertiary/aromatic N) is 1. The molecule has 0 fully saturated rings. The number of amides is 1. The van der Waals surface area contributed by atoms with Crippen LogP contribution in [0.2, 0.25) is 0 Å². The number of aromatic nitrogens is 1. The SMILES string of the molecule is NC(=O)c1cccc(CSCCCn2c(=O)oc3ccccc32)c1. The number of primary amides is 1. The Hall–Kier alpha value is -2.47. The van der Waals surface area contributed by atoms with Gasteiger partial charge in [-0.05, 0) is 42.0 Å². The fraction of sp³-hybridized carbons (Fsp3) is 0.222. The van der Waals surface area contributed by atoms with Gasteiger partial charge in [0.1, 0.15) is 0 Å². The van der Waals surface area contributed by atoms with Gasteiger partial charge in [0.25, 0.3) is 0 Å². The molecule has 0 aliphatic rings. The van der Waals surface area contributed by atoms with Crippen molar-refractivity contribution in [2.24, 2.45) is 5.73 Å². The van der Waals surface area contributed by atoms with Crippen LogP contribution in [0.4, 0.5) is 0 Å². The maximum Gasteiger partial charge on any atom is 0.419 e. The quantitative estimate of drug-likeness (QED) is 0.670. The predicted molar refractivity (Wildman–Crippen MR) is 96.2 cm³/mol. The Balaban J connectivity index is 1.52. The number of benzene rings is 2. The number of oxazole rings is 1. The van der Waals surface area contributed by atoms with E-state index in [0.29, 0.717) is 17.7 Å². The Morgan fingerprint density at radius 1 is 1.17 bits per heavy atom. The van der Waals surface area contributed by atoms with Crippen molar-refractivity contribution >= 4 is 28.8 Å². The Labute approximate surface area is 143 Å². The fourth-order valence-corrected chi connectivity index (χ4v) is 3.45. The van der Waals surface area contributed by atoms with E-state index in [0.717, 1.165) is 29.0 Å². The standard InChI is InChI=1S/C18H18N2O3S/c19-17(21)14-6-3-5-13(11-14)12-24-10-4-9-20-15-7-1-2-8-16(15)23-18(20)22/h1-3,5-8,11H,4,9-10,12H2,(H2,19,21). The van der Waals surface area contributed by atoms with E-state index in [9.17, 15) is 9.59 Å². The molecular weight excluding hydrogens is 324 g/mol. The molecule has 0 aliphatic heterocycles. The normalized spacial score (nSPS) is 11.0. The summed E-state index contributed by atoms with van der Waals surface area (Å²) in [5, 5.41) is 0. The number of rotatable bonds is 7. The molecule has 1 amide bonds. The minimum atomic E-state index is -0.409. The maximum absolute atomic E-state index is 11.9. The van der Waals surface area contributed by atoms with Crippen molar-refractivity contribution in [3.63, 3.8) is 0 Å². The van der Waals surface area contributed by atoms with E-state index in [1.807, 2.05) is 36.4 Å². The lowest BCUT2D eigenvalue weighted by Crippen LogP contribution is -2.14. The number of hydrogen-bond donors (Lipinski definition) is 1. The van der Waals surface area contributed by atoms with Gasteiger partial charge >= 0.3 is 5.76 Å². The molecule has 0 aliphatic carbocycles. The molecule has 3 aromatic rings. The average Bonchev–Trinajstić information content (AvgIpc) is 2.90. The molecule has 0 unspecified atom stereocenters. The topological polar surface area (TPSA) is 78.2 Å². The lowest BCUT2D eigenvalue weighted by atomic mass is 10.1. The highest BCUT2D eigenvalue weighted by Gasteiger charge is 2.07. The summed E-state index contributed by atoms with van der Waals surface area (Å²) in [6, 6.07) is 14.8. The summed E-state index contributed by atoms with van der Waals surface area (Å²) < 4.78 is 6.89. The molecule has 1 aromatic heterocycles. The minimum absolute atomic E-state index is 0.310. The van der Waals surface area contributed by atoms with Crippen molar-refractivity contribution < 1.29 is 9.21 Å². The summed E-state index contributed by atoms with van der Waals surface area (Å²) in [6.07, 6.45) is 0.865. The smallest absolute Gasteiger partial charge is 0.408 e. The molecular formula is C18H18N2O3S. The van der Waals surface area contributed by atoms with Gasteiger partial charge in [-0.25, -0.2) is 4.79 Å². The first-order valence-corrected chi connectivity index (χ1v) is 8.85. The summed E-state index contributed by atoms with van der Waals surface area (Å²) in [5.41, 5.74) is 8.35. The molecule has 2 aromatic carbocycles. The number of carbonyl (C=O) groups is 1. The third-order valence-electron chi connectivity index (χ3n) is 3.72. The van der Waals surface area contributed by atoms with E-state index in [1.165, 1.54) is 0 Å². The first-order valence-electron chi connectivity index (χ1n) is 7.70. The maximum atomic E-state index is 11.9. The third kappa shape index (κ3) is 3.71. The van der Waals surface area contributed by atoms with Gasteiger partial charge in [0, 0.05) is 17.9 Å². The molecule has 0 radical (unpaired) electrons. The summed E-state index contributed by atoms with van der Waals surface area (Å²) >= 11 is 1.76. The van der Waals surface area contributed by atoms with Gasteiger partial charge in [0.2, 0.25) is 5.91 Å². The van der Waals surface area contributed by atoms with Gasteiger partial charge in [0.05, 0.1) is 5.52 Å². The van der Waals surface area contributed by atoms with Gasteiger partial charge in [-0.3, -0.25) is 9.36 Å². The summed E-state index contributed by atoms with van der Waals surface area (Å²) in [4.78, 5) is 23.0. The van der Waals surface area contributed by atoms with Crippen LogP contribution in [0.5, 0.6) is 0 Å². The van der Waals surface area contributed by atoms with Gasteiger partial charge in [-0.2, -0.15) is 11.8 Å². The van der Waals surface area contributed by atoms with E-state index in [-0.39, 0.29) is 5.76 Å². The highest BCUT2D eigenvalue weighted by Crippen LogP contribution is 2.16. The molecule has 0 bridgehead atoms. The zero-order chi connectivity index (χ0) is 16.9. The van der Waals surface area contributed by atoms with Gasteiger partial charge < -0.3 is 10.2 Å². The number of fused-ring (bicyclic) bond motifs is 1. The highest BCUT2D eigenvalue weighted by molar-refractivity contribution is 7.98. The second-order valence-electron chi connectivity index (χ2n) is 5.46. The largest absolute Gasteiger partial charge is 0.419 e. The van der Waals surface area contributed by atoms with Crippen LogP contribution in [0, 0.1) is 0 Å². The van der Waals surface area contributed by atoms with Crippen molar-refractivity contribution in [3.8, 4) is 0 Å². The monoisotopic (exact) mass is 342 g/mol. The average molecular weight is 342 g/mol. The molecule has 124 valence electrons. The number of thioether (sulfide) groups is 1. The van der Waals surface area contributed by atoms with E-state index < -0.39 is 5.91 Å². The molecule has 24 heavy (non-hydrogen) atoms. The second-order valence-corrected chi connectivity index (χ2v) is 6.56. The van der Waals surface area contributed by atoms with Gasteiger partial charge in [-0.1, -0.05) is 24.3 Å². The summed E-state index contributed by atoms with van der Waals surface area (Å²) in [6.45, 7) is 0.629.